The Labute approximate surface area is 126 Å². The predicted octanol–water partition coefficient (Wildman–Crippen LogP) is 1.34. The van der Waals surface area contributed by atoms with E-state index in [-0.39, 0.29) is 11.5 Å². The Kier molecular flexibility index (Phi) is 4.89. The molecule has 0 bridgehead atoms. The van der Waals surface area contributed by atoms with E-state index in [0.717, 1.165) is 0 Å². The van der Waals surface area contributed by atoms with Crippen LogP contribution in [0.4, 0.5) is 4.39 Å². The number of amides is 1. The number of carbonyl (C=O) groups excluding carboxylic acids is 1. The summed E-state index contributed by atoms with van der Waals surface area (Å²) in [5.41, 5.74) is -0.510. The quantitative estimate of drug-likeness (QED) is 0.748. The lowest BCUT2D eigenvalue weighted by Gasteiger charge is -2.29. The number of nitrogens with zero attached hydrogens (tertiary/aromatic N) is 1. The molecule has 0 aliphatic rings. The number of benzene rings is 1. The van der Waals surface area contributed by atoms with E-state index in [0.29, 0.717) is 17.7 Å². The number of hydrogen-bond donors (Lipinski definition) is 3. The molecule has 3 N–H and O–H groups in total. The summed E-state index contributed by atoms with van der Waals surface area (Å²) in [5, 5.41) is 24.9. The molecular weight excluding hydrogens is 291 g/mol. The van der Waals surface area contributed by atoms with Crippen LogP contribution in [0.2, 0.25) is 0 Å². The molecule has 0 fully saturated rings. The molecule has 0 aliphatic heterocycles. The second-order valence-electron chi connectivity index (χ2n) is 4.99. The largest absolute Gasteiger partial charge is 0.394 e. The highest BCUT2D eigenvalue weighted by Gasteiger charge is 2.30. The van der Waals surface area contributed by atoms with E-state index in [2.05, 4.69) is 10.5 Å². The molecule has 1 aromatic carbocycles. The highest BCUT2D eigenvalue weighted by atomic mass is 19.1. The first-order valence-corrected chi connectivity index (χ1v) is 6.80. The number of aliphatic hydroxyl groups excluding tert-OH is 2. The Morgan fingerprint density at radius 2 is 1.95 bits per heavy atom. The van der Waals surface area contributed by atoms with Crippen LogP contribution >= 0.6 is 0 Å². The zero-order valence-electron chi connectivity index (χ0n) is 12.0. The normalized spacial score (nSPS) is 11.5. The third-order valence-electron chi connectivity index (χ3n) is 3.53. The maximum atomic E-state index is 12.9. The van der Waals surface area contributed by atoms with Crippen molar-refractivity contribution in [2.75, 3.05) is 13.2 Å². The number of hydrogen-bond acceptors (Lipinski definition) is 5. The van der Waals surface area contributed by atoms with Crippen molar-refractivity contribution in [3.63, 3.8) is 0 Å². The zero-order valence-corrected chi connectivity index (χ0v) is 12.0. The van der Waals surface area contributed by atoms with E-state index in [9.17, 15) is 19.4 Å². The SMILES string of the molecule is CCC(CO)(CO)NC(=O)c1cc(-c2ccc(F)cc2)on1. The molecule has 0 aliphatic carbocycles. The first-order chi connectivity index (χ1) is 10.5. The smallest absolute Gasteiger partial charge is 0.274 e. The summed E-state index contributed by atoms with van der Waals surface area (Å²) in [6.07, 6.45) is 0.356. The van der Waals surface area contributed by atoms with Crippen LogP contribution in [-0.2, 0) is 0 Å². The van der Waals surface area contributed by atoms with Gasteiger partial charge in [0, 0.05) is 11.6 Å². The van der Waals surface area contributed by atoms with Gasteiger partial charge in [-0.3, -0.25) is 4.79 Å². The highest BCUT2D eigenvalue weighted by Crippen LogP contribution is 2.21. The van der Waals surface area contributed by atoms with Crippen molar-refractivity contribution in [1.82, 2.24) is 10.5 Å². The van der Waals surface area contributed by atoms with Crippen molar-refractivity contribution in [3.8, 4) is 11.3 Å². The first-order valence-electron chi connectivity index (χ1n) is 6.80. The third-order valence-corrected chi connectivity index (χ3v) is 3.53. The summed E-state index contributed by atoms with van der Waals surface area (Å²) in [5.74, 6) is -0.623. The van der Waals surface area contributed by atoms with Gasteiger partial charge in [0.1, 0.15) is 5.82 Å². The highest BCUT2D eigenvalue weighted by molar-refractivity contribution is 5.93. The second-order valence-corrected chi connectivity index (χ2v) is 4.99. The molecule has 7 heteroatoms. The molecule has 1 aromatic heterocycles. The van der Waals surface area contributed by atoms with Gasteiger partial charge >= 0.3 is 0 Å². The van der Waals surface area contributed by atoms with Crippen LogP contribution in [0.5, 0.6) is 0 Å². The fraction of sp³-hybridized carbons (Fsp3) is 0.333. The summed E-state index contributed by atoms with van der Waals surface area (Å²) < 4.78 is 17.9. The van der Waals surface area contributed by atoms with Crippen molar-refractivity contribution in [3.05, 3.63) is 41.8 Å². The molecule has 0 spiro atoms. The van der Waals surface area contributed by atoms with Crippen molar-refractivity contribution >= 4 is 5.91 Å². The van der Waals surface area contributed by atoms with E-state index < -0.39 is 24.7 Å². The number of halogens is 1. The third kappa shape index (κ3) is 3.32. The zero-order chi connectivity index (χ0) is 16.2. The Balaban J connectivity index is 2.17. The molecule has 2 aromatic rings. The molecule has 0 saturated carbocycles. The van der Waals surface area contributed by atoms with Gasteiger partial charge in [0.05, 0.1) is 18.8 Å². The van der Waals surface area contributed by atoms with Gasteiger partial charge < -0.3 is 20.1 Å². The maximum absolute atomic E-state index is 12.9. The minimum atomic E-state index is -1.11. The lowest BCUT2D eigenvalue weighted by molar-refractivity contribution is 0.0646. The van der Waals surface area contributed by atoms with Gasteiger partial charge in [-0.15, -0.1) is 0 Å². The molecule has 118 valence electrons. The van der Waals surface area contributed by atoms with Gasteiger partial charge in [-0.2, -0.15) is 0 Å². The van der Waals surface area contributed by atoms with Crippen LogP contribution in [0.1, 0.15) is 23.8 Å². The molecule has 0 atom stereocenters. The topological polar surface area (TPSA) is 95.6 Å². The van der Waals surface area contributed by atoms with Crippen LogP contribution in [0, 0.1) is 5.82 Å². The Morgan fingerprint density at radius 1 is 1.32 bits per heavy atom. The van der Waals surface area contributed by atoms with Crippen LogP contribution in [0.25, 0.3) is 11.3 Å². The molecule has 22 heavy (non-hydrogen) atoms. The van der Waals surface area contributed by atoms with Gasteiger partial charge in [-0.05, 0) is 30.7 Å². The number of nitrogens with one attached hydrogen (secondary N) is 1. The lowest BCUT2D eigenvalue weighted by Crippen LogP contribution is -2.53. The lowest BCUT2D eigenvalue weighted by atomic mass is 9.98. The van der Waals surface area contributed by atoms with Gasteiger partial charge in [0.2, 0.25) is 0 Å². The number of aromatic nitrogens is 1. The summed E-state index contributed by atoms with van der Waals surface area (Å²) in [7, 11) is 0. The second kappa shape index (κ2) is 6.67. The monoisotopic (exact) mass is 308 g/mol. The van der Waals surface area contributed by atoms with Gasteiger partial charge in [0.15, 0.2) is 11.5 Å². The summed E-state index contributed by atoms with van der Waals surface area (Å²) in [6, 6.07) is 6.98. The summed E-state index contributed by atoms with van der Waals surface area (Å²) in [6.45, 7) is 0.947. The number of aliphatic hydroxyl groups is 2. The Bertz CT molecular complexity index is 627. The Hall–Kier alpha value is -2.25. The molecule has 1 heterocycles. The van der Waals surface area contributed by atoms with Crippen molar-refractivity contribution in [2.45, 2.75) is 18.9 Å². The van der Waals surface area contributed by atoms with E-state index in [1.807, 2.05) is 0 Å². The standard InChI is InChI=1S/C15H17FN2O4/c1-2-15(8-19,9-20)17-14(21)12-7-13(22-18-12)10-3-5-11(16)6-4-10/h3-7,19-20H,2,8-9H2,1H3,(H,17,21). The van der Waals surface area contributed by atoms with Crippen LogP contribution in [-0.4, -0.2) is 40.0 Å². The predicted molar refractivity (Wildman–Crippen MR) is 76.6 cm³/mol. The molecule has 0 saturated heterocycles. The van der Waals surface area contributed by atoms with Crippen LogP contribution in [0.3, 0.4) is 0 Å². The van der Waals surface area contributed by atoms with E-state index in [1.54, 1.807) is 6.92 Å². The maximum Gasteiger partial charge on any atom is 0.274 e. The van der Waals surface area contributed by atoms with E-state index >= 15 is 0 Å². The minimum Gasteiger partial charge on any atom is -0.394 e. The first kappa shape index (κ1) is 16.1. The number of carbonyl (C=O) groups is 1. The van der Waals surface area contributed by atoms with Gasteiger partial charge in [-0.25, -0.2) is 4.39 Å². The minimum absolute atomic E-state index is 0.0130. The number of rotatable bonds is 6. The summed E-state index contributed by atoms with van der Waals surface area (Å²) >= 11 is 0. The van der Waals surface area contributed by atoms with Gasteiger partial charge in [0.25, 0.3) is 5.91 Å². The molecule has 2 rings (SSSR count). The van der Waals surface area contributed by atoms with Crippen molar-refractivity contribution in [2.24, 2.45) is 0 Å². The average Bonchev–Trinajstić information content (AvgIpc) is 3.03. The Morgan fingerprint density at radius 3 is 2.50 bits per heavy atom. The van der Waals surface area contributed by atoms with E-state index in [1.165, 1.54) is 30.3 Å². The molecular formula is C15H17FN2O4. The van der Waals surface area contributed by atoms with E-state index in [4.69, 9.17) is 4.52 Å². The summed E-state index contributed by atoms with van der Waals surface area (Å²) in [4.78, 5) is 12.1. The molecule has 1 amide bonds. The van der Waals surface area contributed by atoms with Crippen molar-refractivity contribution in [1.29, 1.82) is 0 Å². The fourth-order valence-corrected chi connectivity index (χ4v) is 1.88. The van der Waals surface area contributed by atoms with Gasteiger partial charge in [-0.1, -0.05) is 12.1 Å². The molecule has 0 unspecified atom stereocenters. The molecule has 0 radical (unpaired) electrons. The molecule has 6 nitrogen and oxygen atoms in total. The fourth-order valence-electron chi connectivity index (χ4n) is 1.88. The average molecular weight is 308 g/mol. The van der Waals surface area contributed by atoms with Crippen LogP contribution in [0.15, 0.2) is 34.9 Å². The van der Waals surface area contributed by atoms with Crippen LogP contribution < -0.4 is 5.32 Å². The van der Waals surface area contributed by atoms with Crippen molar-refractivity contribution < 1.29 is 23.9 Å².